The largest absolute Gasteiger partial charge is 0.309 e. The zero-order valence-corrected chi connectivity index (χ0v) is 10.8. The molecule has 0 unspecified atom stereocenters. The topological polar surface area (TPSA) is 3.24 Å². The number of hydrogen-bond acceptors (Lipinski definition) is 1. The van der Waals surface area contributed by atoms with Gasteiger partial charge in [0.15, 0.2) is 0 Å². The molecule has 0 radical (unpaired) electrons. The van der Waals surface area contributed by atoms with E-state index in [9.17, 15) is 0 Å². The maximum atomic E-state index is 3.52. The molecule has 1 aliphatic rings. The minimum Gasteiger partial charge on any atom is -0.309 e. The van der Waals surface area contributed by atoms with Crippen LogP contribution in [0.3, 0.4) is 0 Å². The first-order valence-electron chi connectivity index (χ1n) is 5.29. The minimum absolute atomic E-state index is 1.09. The number of fused-ring (bicyclic) bond motifs is 1. The van der Waals surface area contributed by atoms with Crippen molar-refractivity contribution >= 4 is 21.5 Å². The molecule has 1 aromatic carbocycles. The standard InChI is InChI=1S/C13H16BrN/c1-15(2)8-7-10-3-4-11-9-12(14)5-6-13(10)11/h3,5-6,9H,4,7-8H2,1-2H3. The molecule has 1 aliphatic carbocycles. The van der Waals surface area contributed by atoms with Crippen molar-refractivity contribution in [2.75, 3.05) is 20.6 Å². The molecule has 1 nitrogen and oxygen atoms in total. The second-order valence-corrected chi connectivity index (χ2v) is 5.20. The van der Waals surface area contributed by atoms with Crippen LogP contribution in [-0.2, 0) is 6.42 Å². The van der Waals surface area contributed by atoms with Gasteiger partial charge >= 0.3 is 0 Å². The Morgan fingerprint density at radius 2 is 2.13 bits per heavy atom. The summed E-state index contributed by atoms with van der Waals surface area (Å²) in [7, 11) is 4.25. The zero-order chi connectivity index (χ0) is 10.8. The van der Waals surface area contributed by atoms with E-state index >= 15 is 0 Å². The van der Waals surface area contributed by atoms with Crippen LogP contribution in [0.1, 0.15) is 17.5 Å². The summed E-state index contributed by atoms with van der Waals surface area (Å²) < 4.78 is 1.18. The van der Waals surface area contributed by atoms with Crippen molar-refractivity contribution in [1.82, 2.24) is 4.90 Å². The number of hydrogen-bond donors (Lipinski definition) is 0. The Morgan fingerprint density at radius 3 is 2.87 bits per heavy atom. The molecule has 0 heterocycles. The van der Waals surface area contributed by atoms with Gasteiger partial charge < -0.3 is 4.90 Å². The zero-order valence-electron chi connectivity index (χ0n) is 9.26. The van der Waals surface area contributed by atoms with Gasteiger partial charge in [0.1, 0.15) is 0 Å². The predicted molar refractivity (Wildman–Crippen MR) is 69.0 cm³/mol. The summed E-state index contributed by atoms with van der Waals surface area (Å²) in [6, 6.07) is 6.59. The lowest BCUT2D eigenvalue weighted by Gasteiger charge is -2.11. The fourth-order valence-corrected chi connectivity index (χ4v) is 2.38. The van der Waals surface area contributed by atoms with E-state index < -0.39 is 0 Å². The fourth-order valence-electron chi connectivity index (χ4n) is 1.97. The summed E-state index contributed by atoms with van der Waals surface area (Å²) in [6.07, 6.45) is 4.61. The highest BCUT2D eigenvalue weighted by atomic mass is 79.9. The minimum atomic E-state index is 1.09. The summed E-state index contributed by atoms with van der Waals surface area (Å²) >= 11 is 3.52. The number of allylic oxidation sites excluding steroid dienone is 1. The fraction of sp³-hybridized carbons (Fsp3) is 0.385. The smallest absolute Gasteiger partial charge is 0.0178 e. The number of benzene rings is 1. The van der Waals surface area contributed by atoms with Gasteiger partial charge in [0, 0.05) is 11.0 Å². The van der Waals surface area contributed by atoms with E-state index in [-0.39, 0.29) is 0 Å². The van der Waals surface area contributed by atoms with E-state index in [1.165, 1.54) is 21.2 Å². The Balaban J connectivity index is 2.13. The molecular formula is C13H16BrN. The lowest BCUT2D eigenvalue weighted by Crippen LogP contribution is -2.13. The van der Waals surface area contributed by atoms with Crippen molar-refractivity contribution in [3.8, 4) is 0 Å². The molecule has 0 atom stereocenters. The molecule has 2 rings (SSSR count). The van der Waals surface area contributed by atoms with Crippen LogP contribution >= 0.6 is 15.9 Å². The third kappa shape index (κ3) is 2.50. The first-order valence-corrected chi connectivity index (χ1v) is 6.08. The Bertz CT molecular complexity index is 394. The van der Waals surface area contributed by atoms with Gasteiger partial charge in [-0.15, -0.1) is 0 Å². The van der Waals surface area contributed by atoms with Crippen molar-refractivity contribution in [3.05, 3.63) is 39.9 Å². The van der Waals surface area contributed by atoms with E-state index in [1.807, 2.05) is 0 Å². The molecule has 80 valence electrons. The Morgan fingerprint density at radius 1 is 1.33 bits per heavy atom. The van der Waals surface area contributed by atoms with Crippen LogP contribution in [-0.4, -0.2) is 25.5 Å². The number of rotatable bonds is 3. The predicted octanol–water partition coefficient (Wildman–Crippen LogP) is 3.34. The van der Waals surface area contributed by atoms with Crippen LogP contribution in [0.4, 0.5) is 0 Å². The Labute approximate surface area is 99.9 Å². The van der Waals surface area contributed by atoms with Gasteiger partial charge in [-0.1, -0.05) is 28.1 Å². The van der Waals surface area contributed by atoms with Crippen LogP contribution in [0.5, 0.6) is 0 Å². The highest BCUT2D eigenvalue weighted by molar-refractivity contribution is 9.10. The molecule has 0 bridgehead atoms. The average Bonchev–Trinajstić information content (AvgIpc) is 2.57. The third-order valence-electron chi connectivity index (χ3n) is 2.81. The normalized spacial score (nSPS) is 14.3. The molecule has 0 fully saturated rings. The lowest BCUT2D eigenvalue weighted by molar-refractivity contribution is 0.419. The molecule has 0 saturated carbocycles. The molecular weight excluding hydrogens is 250 g/mol. The van der Waals surface area contributed by atoms with Crippen LogP contribution in [0.2, 0.25) is 0 Å². The maximum absolute atomic E-state index is 3.52. The summed E-state index contributed by atoms with van der Waals surface area (Å²) in [5.41, 5.74) is 4.41. The van der Waals surface area contributed by atoms with Crippen LogP contribution < -0.4 is 0 Å². The first-order chi connectivity index (χ1) is 7.16. The van der Waals surface area contributed by atoms with Crippen molar-refractivity contribution in [3.63, 3.8) is 0 Å². The second kappa shape index (κ2) is 4.50. The van der Waals surface area contributed by atoms with Crippen LogP contribution in [0, 0.1) is 0 Å². The molecule has 0 spiro atoms. The van der Waals surface area contributed by atoms with Crippen molar-refractivity contribution in [1.29, 1.82) is 0 Å². The van der Waals surface area contributed by atoms with E-state index in [0.29, 0.717) is 0 Å². The molecule has 2 heteroatoms. The quantitative estimate of drug-likeness (QED) is 0.811. The van der Waals surface area contributed by atoms with Gasteiger partial charge in [-0.25, -0.2) is 0 Å². The molecule has 0 saturated heterocycles. The molecule has 15 heavy (non-hydrogen) atoms. The van der Waals surface area contributed by atoms with Crippen molar-refractivity contribution in [2.45, 2.75) is 12.8 Å². The van der Waals surface area contributed by atoms with Gasteiger partial charge in [-0.2, -0.15) is 0 Å². The SMILES string of the molecule is CN(C)CCC1=CCc2cc(Br)ccc21. The summed E-state index contributed by atoms with van der Waals surface area (Å²) in [5, 5.41) is 0. The molecule has 0 amide bonds. The highest BCUT2D eigenvalue weighted by Gasteiger charge is 2.13. The van der Waals surface area contributed by atoms with Gasteiger partial charge in [0.2, 0.25) is 0 Å². The molecule has 0 aromatic heterocycles. The van der Waals surface area contributed by atoms with Gasteiger partial charge in [0.05, 0.1) is 0 Å². The van der Waals surface area contributed by atoms with E-state index in [4.69, 9.17) is 0 Å². The molecule has 1 aromatic rings. The van der Waals surface area contributed by atoms with Gasteiger partial charge in [0.25, 0.3) is 0 Å². The van der Waals surface area contributed by atoms with Crippen LogP contribution in [0.25, 0.3) is 5.57 Å². The monoisotopic (exact) mass is 265 g/mol. The van der Waals surface area contributed by atoms with E-state index in [1.54, 1.807) is 0 Å². The summed E-state index contributed by atoms with van der Waals surface area (Å²) in [6.45, 7) is 1.13. The second-order valence-electron chi connectivity index (χ2n) is 4.29. The highest BCUT2D eigenvalue weighted by Crippen LogP contribution is 2.31. The van der Waals surface area contributed by atoms with Crippen LogP contribution in [0.15, 0.2) is 28.7 Å². The van der Waals surface area contributed by atoms with E-state index in [0.717, 1.165) is 19.4 Å². The Hall–Kier alpha value is -0.600. The summed E-state index contributed by atoms with van der Waals surface area (Å²) in [5.74, 6) is 0. The number of halogens is 1. The van der Waals surface area contributed by atoms with Gasteiger partial charge in [-0.3, -0.25) is 0 Å². The molecule has 0 aliphatic heterocycles. The lowest BCUT2D eigenvalue weighted by atomic mass is 10.0. The maximum Gasteiger partial charge on any atom is 0.0178 e. The average molecular weight is 266 g/mol. The molecule has 0 N–H and O–H groups in total. The summed E-state index contributed by atoms with van der Waals surface area (Å²) in [4.78, 5) is 2.23. The Kier molecular flexibility index (Phi) is 3.27. The van der Waals surface area contributed by atoms with Gasteiger partial charge in [-0.05, 0) is 55.8 Å². The van der Waals surface area contributed by atoms with Crippen molar-refractivity contribution in [2.24, 2.45) is 0 Å². The number of nitrogens with zero attached hydrogens (tertiary/aromatic N) is 1. The van der Waals surface area contributed by atoms with Crippen molar-refractivity contribution < 1.29 is 0 Å². The first kappa shape index (κ1) is 10.9. The van der Waals surface area contributed by atoms with E-state index in [2.05, 4.69) is 59.2 Å². The third-order valence-corrected chi connectivity index (χ3v) is 3.30.